The third-order valence-electron chi connectivity index (χ3n) is 2.73. The topological polar surface area (TPSA) is 12.5 Å². The number of hydrogen-bond acceptors (Lipinski definition) is 2. The molecule has 0 spiro atoms. The summed E-state index contributed by atoms with van der Waals surface area (Å²) in [5.74, 6) is 1.01. The van der Waals surface area contributed by atoms with Crippen LogP contribution in [0, 0.1) is 0 Å². The second-order valence-electron chi connectivity index (χ2n) is 5.18. The zero-order chi connectivity index (χ0) is 11.1. The molecule has 2 rings (SSSR count). The van der Waals surface area contributed by atoms with Gasteiger partial charge in [-0.05, 0) is 39.8 Å². The number of hydrogen-bond donors (Lipinski definition) is 0. The molecule has 1 unspecified atom stereocenters. The summed E-state index contributed by atoms with van der Waals surface area (Å²) in [6.45, 7) is 9.79. The van der Waals surface area contributed by atoms with E-state index in [4.69, 9.17) is 4.74 Å². The van der Waals surface area contributed by atoms with E-state index >= 15 is 0 Å². The van der Waals surface area contributed by atoms with Crippen LogP contribution in [0.2, 0.25) is 0 Å². The van der Waals surface area contributed by atoms with E-state index in [1.807, 2.05) is 12.1 Å². The van der Waals surface area contributed by atoms with Gasteiger partial charge < -0.3 is 9.64 Å². The van der Waals surface area contributed by atoms with Gasteiger partial charge in [0.05, 0.1) is 12.2 Å². The molecule has 0 aromatic heterocycles. The Morgan fingerprint density at radius 1 is 1.27 bits per heavy atom. The summed E-state index contributed by atoms with van der Waals surface area (Å²) in [6, 6.07) is 8.27. The molecule has 1 aromatic carbocycles. The molecule has 0 bridgehead atoms. The van der Waals surface area contributed by atoms with Gasteiger partial charge in [0.1, 0.15) is 11.9 Å². The lowest BCUT2D eigenvalue weighted by Crippen LogP contribution is -2.49. The molecule has 1 atom stereocenters. The molecule has 0 radical (unpaired) electrons. The van der Waals surface area contributed by atoms with Gasteiger partial charge in [-0.3, -0.25) is 0 Å². The summed E-state index contributed by atoms with van der Waals surface area (Å²) in [5.41, 5.74) is 1.36. The van der Waals surface area contributed by atoms with Gasteiger partial charge in [-0.2, -0.15) is 0 Å². The Kier molecular flexibility index (Phi) is 2.37. The molecule has 0 saturated heterocycles. The van der Waals surface area contributed by atoms with E-state index in [1.165, 1.54) is 5.69 Å². The van der Waals surface area contributed by atoms with E-state index in [2.05, 4.69) is 44.7 Å². The molecule has 2 nitrogen and oxygen atoms in total. The van der Waals surface area contributed by atoms with E-state index < -0.39 is 0 Å². The van der Waals surface area contributed by atoms with Crippen LogP contribution < -0.4 is 9.64 Å². The molecule has 1 aliphatic rings. The Balaban J connectivity index is 2.43. The maximum atomic E-state index is 5.82. The Morgan fingerprint density at radius 3 is 2.60 bits per heavy atom. The van der Waals surface area contributed by atoms with Crippen molar-refractivity contribution in [2.24, 2.45) is 0 Å². The number of nitrogens with zero attached hydrogens (tertiary/aromatic N) is 1. The predicted molar refractivity (Wildman–Crippen MR) is 63.6 cm³/mol. The highest BCUT2D eigenvalue weighted by atomic mass is 16.5. The van der Waals surface area contributed by atoms with Gasteiger partial charge >= 0.3 is 0 Å². The summed E-state index contributed by atoms with van der Waals surface area (Å²) in [4.78, 5) is 2.41. The number of ether oxygens (including phenoxy) is 1. The minimum Gasteiger partial charge on any atom is -0.487 e. The summed E-state index contributed by atoms with van der Waals surface area (Å²) in [5, 5.41) is 0. The standard InChI is InChI=1S/C13H19NO/c1-10-9-14(13(2,3)4)11-7-5-6-8-12(11)15-10/h5-8,10H,9H2,1-4H3. The second-order valence-corrected chi connectivity index (χ2v) is 5.18. The largest absolute Gasteiger partial charge is 0.487 e. The van der Waals surface area contributed by atoms with Crippen molar-refractivity contribution in [2.45, 2.75) is 39.3 Å². The fraction of sp³-hybridized carbons (Fsp3) is 0.538. The minimum atomic E-state index is 0.147. The number of anilines is 1. The first-order valence-electron chi connectivity index (χ1n) is 5.52. The number of benzene rings is 1. The summed E-state index contributed by atoms with van der Waals surface area (Å²) in [7, 11) is 0. The van der Waals surface area contributed by atoms with Crippen LogP contribution in [0.25, 0.3) is 0 Å². The second kappa shape index (κ2) is 3.44. The third kappa shape index (κ3) is 1.94. The zero-order valence-corrected chi connectivity index (χ0v) is 9.95. The molecule has 82 valence electrons. The summed E-state index contributed by atoms with van der Waals surface area (Å²) >= 11 is 0. The first-order valence-corrected chi connectivity index (χ1v) is 5.52. The van der Waals surface area contributed by atoms with Crippen molar-refractivity contribution in [1.29, 1.82) is 0 Å². The number of para-hydroxylation sites is 2. The first-order chi connectivity index (χ1) is 6.98. The van der Waals surface area contributed by atoms with Crippen molar-refractivity contribution in [2.75, 3.05) is 11.4 Å². The summed E-state index contributed by atoms with van der Waals surface area (Å²) in [6.07, 6.45) is 0.263. The molecule has 0 N–H and O–H groups in total. The highest BCUT2D eigenvalue weighted by Gasteiger charge is 2.29. The normalized spacial score (nSPS) is 20.8. The average molecular weight is 205 g/mol. The zero-order valence-electron chi connectivity index (χ0n) is 9.95. The Hall–Kier alpha value is -1.18. The Labute approximate surface area is 91.9 Å². The Morgan fingerprint density at radius 2 is 1.93 bits per heavy atom. The van der Waals surface area contributed by atoms with Crippen LogP contribution in [-0.4, -0.2) is 18.2 Å². The van der Waals surface area contributed by atoms with E-state index in [-0.39, 0.29) is 11.6 Å². The van der Waals surface area contributed by atoms with Crippen LogP contribution >= 0.6 is 0 Å². The lowest BCUT2D eigenvalue weighted by Gasteiger charge is -2.43. The fourth-order valence-corrected chi connectivity index (χ4v) is 2.02. The molecule has 0 fully saturated rings. The quantitative estimate of drug-likeness (QED) is 0.645. The molecular formula is C13H19NO. The molecule has 0 saturated carbocycles. The van der Waals surface area contributed by atoms with Crippen molar-refractivity contribution in [3.8, 4) is 5.75 Å². The van der Waals surface area contributed by atoms with Crippen LogP contribution in [-0.2, 0) is 0 Å². The van der Waals surface area contributed by atoms with Crippen molar-refractivity contribution in [1.82, 2.24) is 0 Å². The van der Waals surface area contributed by atoms with Crippen molar-refractivity contribution >= 4 is 5.69 Å². The van der Waals surface area contributed by atoms with Gasteiger partial charge in [0.15, 0.2) is 0 Å². The van der Waals surface area contributed by atoms with Crippen LogP contribution in [0.4, 0.5) is 5.69 Å². The van der Waals surface area contributed by atoms with Gasteiger partial charge in [-0.15, -0.1) is 0 Å². The fourth-order valence-electron chi connectivity index (χ4n) is 2.02. The van der Waals surface area contributed by atoms with E-state index in [1.54, 1.807) is 0 Å². The maximum Gasteiger partial charge on any atom is 0.143 e. The number of rotatable bonds is 0. The summed E-state index contributed by atoms with van der Waals surface area (Å²) < 4.78 is 5.82. The van der Waals surface area contributed by atoms with E-state index in [9.17, 15) is 0 Å². The molecule has 1 aromatic rings. The van der Waals surface area contributed by atoms with Gasteiger partial charge in [0, 0.05) is 5.54 Å². The first kappa shape index (κ1) is 10.3. The average Bonchev–Trinajstić information content (AvgIpc) is 2.15. The van der Waals surface area contributed by atoms with Gasteiger partial charge in [0.2, 0.25) is 0 Å². The smallest absolute Gasteiger partial charge is 0.143 e. The van der Waals surface area contributed by atoms with E-state index in [0.29, 0.717) is 0 Å². The van der Waals surface area contributed by atoms with Crippen LogP contribution in [0.3, 0.4) is 0 Å². The SMILES string of the molecule is CC1CN(C(C)(C)C)c2ccccc2O1. The minimum absolute atomic E-state index is 0.147. The van der Waals surface area contributed by atoms with Gasteiger partial charge in [-0.25, -0.2) is 0 Å². The highest BCUT2D eigenvalue weighted by Crippen LogP contribution is 2.36. The van der Waals surface area contributed by atoms with Crippen LogP contribution in [0.5, 0.6) is 5.75 Å². The monoisotopic (exact) mass is 205 g/mol. The molecular weight excluding hydrogens is 186 g/mol. The van der Waals surface area contributed by atoms with Crippen LogP contribution in [0.15, 0.2) is 24.3 Å². The van der Waals surface area contributed by atoms with E-state index in [0.717, 1.165) is 12.3 Å². The number of fused-ring (bicyclic) bond motifs is 1. The predicted octanol–water partition coefficient (Wildman–Crippen LogP) is 3.07. The highest BCUT2D eigenvalue weighted by molar-refractivity contribution is 5.61. The Bertz CT molecular complexity index is 354. The molecule has 0 amide bonds. The van der Waals surface area contributed by atoms with Gasteiger partial charge in [0.25, 0.3) is 0 Å². The van der Waals surface area contributed by atoms with Crippen molar-refractivity contribution < 1.29 is 4.74 Å². The van der Waals surface area contributed by atoms with Crippen LogP contribution in [0.1, 0.15) is 27.7 Å². The maximum absolute atomic E-state index is 5.82. The third-order valence-corrected chi connectivity index (χ3v) is 2.73. The van der Waals surface area contributed by atoms with Crippen molar-refractivity contribution in [3.63, 3.8) is 0 Å². The molecule has 15 heavy (non-hydrogen) atoms. The molecule has 0 aliphatic carbocycles. The van der Waals surface area contributed by atoms with Crippen molar-refractivity contribution in [3.05, 3.63) is 24.3 Å². The molecule has 1 aliphatic heterocycles. The molecule has 1 heterocycles. The van der Waals surface area contributed by atoms with Gasteiger partial charge in [-0.1, -0.05) is 12.1 Å². The lowest BCUT2D eigenvalue weighted by atomic mass is 10.0. The molecule has 2 heteroatoms. The lowest BCUT2D eigenvalue weighted by molar-refractivity contribution is 0.201.